The number of benzene rings is 1. The van der Waals surface area contributed by atoms with E-state index in [2.05, 4.69) is 45.6 Å². The second-order valence-electron chi connectivity index (χ2n) is 6.44. The molecule has 1 aliphatic heterocycles. The van der Waals surface area contributed by atoms with E-state index < -0.39 is 0 Å². The maximum Gasteiger partial charge on any atom is 0.223 e. The molecule has 0 amide bonds. The molecule has 1 N–H and O–H groups in total. The van der Waals surface area contributed by atoms with Gasteiger partial charge < -0.3 is 5.32 Å². The predicted octanol–water partition coefficient (Wildman–Crippen LogP) is 5.83. The van der Waals surface area contributed by atoms with Gasteiger partial charge in [0.25, 0.3) is 0 Å². The van der Waals surface area contributed by atoms with E-state index in [0.29, 0.717) is 6.04 Å². The molecule has 0 spiro atoms. The number of aromatic nitrogens is 2. The highest BCUT2D eigenvalue weighted by atomic mass is 35.5. The molecule has 2 aromatic rings. The Hall–Kier alpha value is -1.30. The van der Waals surface area contributed by atoms with E-state index in [4.69, 9.17) is 11.6 Å². The Morgan fingerprint density at radius 3 is 2.58 bits per heavy atom. The van der Waals surface area contributed by atoms with Gasteiger partial charge in [-0.3, -0.25) is 0 Å². The summed E-state index contributed by atoms with van der Waals surface area (Å²) in [5.74, 6) is 0.725. The zero-order valence-electron chi connectivity index (χ0n) is 15.9. The maximum absolute atomic E-state index is 5.93. The van der Waals surface area contributed by atoms with Crippen LogP contribution in [0, 0.1) is 6.92 Å². The fourth-order valence-corrected chi connectivity index (χ4v) is 3.65. The van der Waals surface area contributed by atoms with E-state index in [1.54, 1.807) is 18.1 Å². The Kier molecular flexibility index (Phi) is 9.23. The minimum Gasteiger partial charge on any atom is -0.350 e. The van der Waals surface area contributed by atoms with Crippen LogP contribution >= 0.6 is 23.5 Å². The molecule has 1 atom stereocenters. The van der Waals surface area contributed by atoms with Crippen molar-refractivity contribution in [3.63, 3.8) is 0 Å². The molecule has 4 nitrogen and oxygen atoms in total. The van der Waals surface area contributed by atoms with Gasteiger partial charge in [0.2, 0.25) is 5.95 Å². The number of piperidine rings is 1. The summed E-state index contributed by atoms with van der Waals surface area (Å²) in [7, 11) is 0. The number of unbranched alkanes of at least 4 members (excludes halogenated alkanes) is 1. The molecular formula is C20H29ClN4S. The summed E-state index contributed by atoms with van der Waals surface area (Å²) in [6.45, 7) is 8.42. The Labute approximate surface area is 166 Å². The third-order valence-corrected chi connectivity index (χ3v) is 5.39. The number of aryl methyl sites for hydroxylation is 1. The summed E-state index contributed by atoms with van der Waals surface area (Å²) in [5, 5.41) is 4.23. The topological polar surface area (TPSA) is 41.1 Å². The molecule has 1 saturated heterocycles. The molecule has 6 heteroatoms. The van der Waals surface area contributed by atoms with Crippen molar-refractivity contribution in [2.75, 3.05) is 18.4 Å². The Morgan fingerprint density at radius 1 is 1.19 bits per heavy atom. The van der Waals surface area contributed by atoms with Gasteiger partial charge in [-0.2, -0.15) is 0 Å². The third-order valence-electron chi connectivity index (χ3n) is 4.06. The Bertz CT molecular complexity index is 649. The zero-order valence-corrected chi connectivity index (χ0v) is 17.5. The van der Waals surface area contributed by atoms with Crippen LogP contribution in [0.1, 0.15) is 45.2 Å². The summed E-state index contributed by atoms with van der Waals surface area (Å²) in [6.07, 6.45) is 6.76. The lowest BCUT2D eigenvalue weighted by molar-refractivity contribution is 0.355. The van der Waals surface area contributed by atoms with E-state index >= 15 is 0 Å². The summed E-state index contributed by atoms with van der Waals surface area (Å²) >= 11 is 7.72. The fourth-order valence-electron chi connectivity index (χ4n) is 2.49. The van der Waals surface area contributed by atoms with Crippen molar-refractivity contribution in [3.8, 4) is 0 Å². The SMILES string of the molecule is CCCC.Cc1ccnc(NC2CCCN(Sc3ccc(Cl)cc3)C2)n1. The lowest BCUT2D eigenvalue weighted by Crippen LogP contribution is -2.38. The highest BCUT2D eigenvalue weighted by Gasteiger charge is 2.21. The van der Waals surface area contributed by atoms with Crippen LogP contribution in [-0.4, -0.2) is 33.4 Å². The van der Waals surface area contributed by atoms with Gasteiger partial charge in [0.1, 0.15) is 0 Å². The van der Waals surface area contributed by atoms with Crippen molar-refractivity contribution in [2.24, 2.45) is 0 Å². The number of halogens is 1. The van der Waals surface area contributed by atoms with Crippen LogP contribution in [0.3, 0.4) is 0 Å². The molecule has 0 bridgehead atoms. The highest BCUT2D eigenvalue weighted by Crippen LogP contribution is 2.27. The fraction of sp³-hybridized carbons (Fsp3) is 0.500. The van der Waals surface area contributed by atoms with Crippen LogP contribution < -0.4 is 5.32 Å². The van der Waals surface area contributed by atoms with Gasteiger partial charge in [0.05, 0.1) is 0 Å². The molecule has 1 fully saturated rings. The third kappa shape index (κ3) is 7.52. The average Bonchev–Trinajstić information content (AvgIpc) is 2.64. The molecule has 2 heterocycles. The van der Waals surface area contributed by atoms with Gasteiger partial charge in [-0.05, 0) is 62.0 Å². The van der Waals surface area contributed by atoms with Crippen molar-refractivity contribution in [1.82, 2.24) is 14.3 Å². The number of nitrogens with one attached hydrogen (secondary N) is 1. The average molecular weight is 393 g/mol. The van der Waals surface area contributed by atoms with Gasteiger partial charge >= 0.3 is 0 Å². The van der Waals surface area contributed by atoms with Gasteiger partial charge in [-0.25, -0.2) is 14.3 Å². The normalized spacial score (nSPS) is 17.3. The summed E-state index contributed by atoms with van der Waals surface area (Å²) < 4.78 is 2.39. The monoisotopic (exact) mass is 392 g/mol. The van der Waals surface area contributed by atoms with Crippen molar-refractivity contribution in [1.29, 1.82) is 0 Å². The van der Waals surface area contributed by atoms with E-state index in [9.17, 15) is 0 Å². The van der Waals surface area contributed by atoms with Crippen molar-refractivity contribution in [3.05, 3.63) is 47.2 Å². The summed E-state index contributed by atoms with van der Waals surface area (Å²) in [6, 6.07) is 10.3. The molecule has 1 aromatic carbocycles. The van der Waals surface area contributed by atoms with Crippen LogP contribution in [0.5, 0.6) is 0 Å². The number of hydrogen-bond donors (Lipinski definition) is 1. The lowest BCUT2D eigenvalue weighted by Gasteiger charge is -2.32. The van der Waals surface area contributed by atoms with E-state index in [1.165, 1.54) is 24.2 Å². The summed E-state index contributed by atoms with van der Waals surface area (Å²) in [5.41, 5.74) is 0.987. The van der Waals surface area contributed by atoms with E-state index in [0.717, 1.165) is 36.2 Å². The van der Waals surface area contributed by atoms with Crippen LogP contribution in [0.15, 0.2) is 41.4 Å². The first kappa shape index (κ1) is 21.0. The molecule has 0 radical (unpaired) electrons. The van der Waals surface area contributed by atoms with Crippen molar-refractivity contribution < 1.29 is 0 Å². The molecule has 1 aliphatic rings. The minimum absolute atomic E-state index is 0.385. The predicted molar refractivity (Wildman–Crippen MR) is 113 cm³/mol. The van der Waals surface area contributed by atoms with Crippen LogP contribution in [0.4, 0.5) is 5.95 Å². The van der Waals surface area contributed by atoms with Gasteiger partial charge in [0.15, 0.2) is 0 Å². The molecule has 1 unspecified atom stereocenters. The summed E-state index contributed by atoms with van der Waals surface area (Å²) in [4.78, 5) is 9.93. The zero-order chi connectivity index (χ0) is 18.8. The van der Waals surface area contributed by atoms with Crippen molar-refractivity contribution >= 4 is 29.5 Å². The standard InChI is InChI=1S/C16H19ClN4S.C4H10/c1-12-8-9-18-16(19-12)20-14-3-2-10-21(11-14)22-15-6-4-13(17)5-7-15;1-3-4-2/h4-9,14H,2-3,10-11H2,1H3,(H,18,19,20);3-4H2,1-2H3. The van der Waals surface area contributed by atoms with Crippen LogP contribution in [0.25, 0.3) is 0 Å². The largest absolute Gasteiger partial charge is 0.350 e. The quantitative estimate of drug-likeness (QED) is 0.648. The molecule has 3 rings (SSSR count). The first-order valence-corrected chi connectivity index (χ1v) is 10.5. The first-order chi connectivity index (χ1) is 12.6. The van der Waals surface area contributed by atoms with Crippen LogP contribution in [0.2, 0.25) is 5.02 Å². The minimum atomic E-state index is 0.385. The molecule has 0 saturated carbocycles. The molecule has 142 valence electrons. The van der Waals surface area contributed by atoms with Gasteiger partial charge in [-0.1, -0.05) is 38.3 Å². The van der Waals surface area contributed by atoms with Gasteiger partial charge in [0, 0.05) is 40.9 Å². The Morgan fingerprint density at radius 2 is 1.92 bits per heavy atom. The molecule has 0 aliphatic carbocycles. The van der Waals surface area contributed by atoms with E-state index in [1.807, 2.05) is 25.1 Å². The number of anilines is 1. The highest BCUT2D eigenvalue weighted by molar-refractivity contribution is 7.97. The Balaban J connectivity index is 0.000000552. The lowest BCUT2D eigenvalue weighted by atomic mass is 10.1. The second kappa shape index (κ2) is 11.4. The maximum atomic E-state index is 5.93. The van der Waals surface area contributed by atoms with Crippen molar-refractivity contribution in [2.45, 2.75) is 57.4 Å². The smallest absolute Gasteiger partial charge is 0.223 e. The van der Waals surface area contributed by atoms with Gasteiger partial charge in [-0.15, -0.1) is 0 Å². The second-order valence-corrected chi connectivity index (χ2v) is 8.05. The van der Waals surface area contributed by atoms with Crippen LogP contribution in [-0.2, 0) is 0 Å². The number of nitrogens with zero attached hydrogens (tertiary/aromatic N) is 3. The molecular weight excluding hydrogens is 364 g/mol. The molecule has 26 heavy (non-hydrogen) atoms. The number of hydrogen-bond acceptors (Lipinski definition) is 5. The van der Waals surface area contributed by atoms with E-state index in [-0.39, 0.29) is 0 Å². The first-order valence-electron chi connectivity index (χ1n) is 9.35. The number of rotatable bonds is 5. The molecule has 1 aromatic heterocycles.